The molecule has 0 saturated carbocycles. The number of nitrogens with one attached hydrogen (secondary N) is 1. The number of rotatable bonds is 4. The molecular weight excluding hydrogens is 284 g/mol. The maximum atomic E-state index is 4.50. The maximum Gasteiger partial charge on any atom is 0.0678 e. The topological polar surface area (TPSA) is 33.1 Å². The SMILES string of the molecule is CNC1CCN(Cc2ccnn2-c2ccccc2C)C1.Cl. The van der Waals surface area contributed by atoms with Gasteiger partial charge in [-0.2, -0.15) is 5.10 Å². The van der Waals surface area contributed by atoms with Gasteiger partial charge in [0.05, 0.1) is 11.4 Å². The zero-order valence-corrected chi connectivity index (χ0v) is 13.4. The first-order valence-electron chi connectivity index (χ1n) is 7.26. The third-order valence-corrected chi connectivity index (χ3v) is 4.13. The number of aryl methyl sites for hydroxylation is 1. The molecule has 1 atom stereocenters. The summed E-state index contributed by atoms with van der Waals surface area (Å²) in [6, 6.07) is 11.2. The zero-order valence-electron chi connectivity index (χ0n) is 12.6. The van der Waals surface area contributed by atoms with Crippen molar-refractivity contribution in [2.45, 2.75) is 25.9 Å². The minimum atomic E-state index is 0. The molecule has 114 valence electrons. The highest BCUT2D eigenvalue weighted by Gasteiger charge is 2.22. The summed E-state index contributed by atoms with van der Waals surface area (Å²) in [6.45, 7) is 5.38. The molecule has 1 N–H and O–H groups in total. The maximum absolute atomic E-state index is 4.50. The summed E-state index contributed by atoms with van der Waals surface area (Å²) in [5.41, 5.74) is 3.69. The van der Waals surface area contributed by atoms with Gasteiger partial charge in [0.25, 0.3) is 0 Å². The molecule has 1 fully saturated rings. The minimum absolute atomic E-state index is 0. The van der Waals surface area contributed by atoms with Gasteiger partial charge in [0.1, 0.15) is 0 Å². The van der Waals surface area contributed by atoms with Gasteiger partial charge in [-0.05, 0) is 38.1 Å². The van der Waals surface area contributed by atoms with Crippen molar-refractivity contribution in [2.24, 2.45) is 0 Å². The van der Waals surface area contributed by atoms with Crippen LogP contribution in [-0.2, 0) is 6.54 Å². The summed E-state index contributed by atoms with van der Waals surface area (Å²) < 4.78 is 2.07. The van der Waals surface area contributed by atoms with Gasteiger partial charge in [0.2, 0.25) is 0 Å². The minimum Gasteiger partial charge on any atom is -0.316 e. The molecule has 0 amide bonds. The number of aromatic nitrogens is 2. The van der Waals surface area contributed by atoms with Gasteiger partial charge in [0.15, 0.2) is 0 Å². The number of nitrogens with zero attached hydrogens (tertiary/aromatic N) is 3. The number of halogens is 1. The fraction of sp³-hybridized carbons (Fsp3) is 0.438. The molecule has 1 aromatic heterocycles. The quantitative estimate of drug-likeness (QED) is 0.941. The molecule has 2 aromatic rings. The molecule has 0 aliphatic carbocycles. The molecule has 4 nitrogen and oxygen atoms in total. The molecule has 1 unspecified atom stereocenters. The predicted molar refractivity (Wildman–Crippen MR) is 88.3 cm³/mol. The van der Waals surface area contributed by atoms with Gasteiger partial charge >= 0.3 is 0 Å². The molecular formula is C16H23ClN4. The number of likely N-dealkylation sites (N-methyl/N-ethyl adjacent to an activating group) is 1. The lowest BCUT2D eigenvalue weighted by atomic mass is 10.2. The Kier molecular flexibility index (Phi) is 5.39. The van der Waals surface area contributed by atoms with Gasteiger partial charge in [-0.25, -0.2) is 4.68 Å². The van der Waals surface area contributed by atoms with Crippen molar-refractivity contribution in [1.29, 1.82) is 0 Å². The first-order chi connectivity index (χ1) is 9.78. The number of hydrogen-bond donors (Lipinski definition) is 1. The van der Waals surface area contributed by atoms with Crippen LogP contribution >= 0.6 is 12.4 Å². The van der Waals surface area contributed by atoms with Crippen molar-refractivity contribution < 1.29 is 0 Å². The number of likely N-dealkylation sites (tertiary alicyclic amines) is 1. The zero-order chi connectivity index (χ0) is 13.9. The summed E-state index contributed by atoms with van der Waals surface area (Å²) in [4.78, 5) is 2.49. The molecule has 1 aliphatic heterocycles. The van der Waals surface area contributed by atoms with E-state index in [0.717, 1.165) is 19.6 Å². The van der Waals surface area contributed by atoms with Crippen LogP contribution in [0.4, 0.5) is 0 Å². The summed E-state index contributed by atoms with van der Waals surface area (Å²) >= 11 is 0. The van der Waals surface area contributed by atoms with Crippen LogP contribution in [0.25, 0.3) is 5.69 Å². The van der Waals surface area contributed by atoms with E-state index in [1.807, 2.05) is 13.2 Å². The van der Waals surface area contributed by atoms with E-state index >= 15 is 0 Å². The summed E-state index contributed by atoms with van der Waals surface area (Å²) in [5, 5.41) is 7.87. The predicted octanol–water partition coefficient (Wildman–Crippen LogP) is 2.40. The highest BCUT2D eigenvalue weighted by molar-refractivity contribution is 5.85. The lowest BCUT2D eigenvalue weighted by Crippen LogP contribution is -2.29. The van der Waals surface area contributed by atoms with Crippen LogP contribution in [0, 0.1) is 6.92 Å². The van der Waals surface area contributed by atoms with Crippen molar-refractivity contribution in [3.63, 3.8) is 0 Å². The Balaban J connectivity index is 0.00000161. The van der Waals surface area contributed by atoms with Crippen molar-refractivity contribution in [3.05, 3.63) is 47.8 Å². The fourth-order valence-electron chi connectivity index (χ4n) is 2.91. The molecule has 5 heteroatoms. The van der Waals surface area contributed by atoms with Crippen LogP contribution < -0.4 is 5.32 Å². The van der Waals surface area contributed by atoms with Crippen LogP contribution in [0.1, 0.15) is 17.7 Å². The number of benzene rings is 1. The average Bonchev–Trinajstić information content (AvgIpc) is 3.09. The highest BCUT2D eigenvalue weighted by atomic mass is 35.5. The third kappa shape index (κ3) is 3.46. The highest BCUT2D eigenvalue weighted by Crippen LogP contribution is 2.18. The lowest BCUT2D eigenvalue weighted by Gasteiger charge is -2.17. The standard InChI is InChI=1S/C16H22N4.ClH/c1-13-5-3-4-6-16(13)20-15(7-9-18-20)12-19-10-8-14(11-19)17-2;/h3-7,9,14,17H,8,10-12H2,1-2H3;1H. The summed E-state index contributed by atoms with van der Waals surface area (Å²) in [7, 11) is 2.05. The van der Waals surface area contributed by atoms with Crippen LogP contribution in [0.2, 0.25) is 0 Å². The van der Waals surface area contributed by atoms with Crippen molar-refractivity contribution >= 4 is 12.4 Å². The largest absolute Gasteiger partial charge is 0.316 e. The van der Waals surface area contributed by atoms with E-state index in [-0.39, 0.29) is 12.4 Å². The Morgan fingerprint density at radius 3 is 2.81 bits per heavy atom. The van der Waals surface area contributed by atoms with Crippen molar-refractivity contribution in [1.82, 2.24) is 20.0 Å². The molecule has 1 saturated heterocycles. The molecule has 3 rings (SSSR count). The van der Waals surface area contributed by atoms with E-state index in [2.05, 4.69) is 57.3 Å². The Morgan fingerprint density at radius 2 is 2.10 bits per heavy atom. The van der Waals surface area contributed by atoms with E-state index in [1.54, 1.807) is 0 Å². The summed E-state index contributed by atoms with van der Waals surface area (Å²) in [6.07, 6.45) is 3.13. The van der Waals surface area contributed by atoms with Gasteiger partial charge in [-0.15, -0.1) is 12.4 Å². The number of hydrogen-bond acceptors (Lipinski definition) is 3. The molecule has 1 aromatic carbocycles. The molecule has 0 bridgehead atoms. The van der Waals surface area contributed by atoms with Crippen LogP contribution in [0.5, 0.6) is 0 Å². The van der Waals surface area contributed by atoms with E-state index in [1.165, 1.54) is 23.4 Å². The first kappa shape index (κ1) is 16.0. The molecule has 0 spiro atoms. The van der Waals surface area contributed by atoms with Gasteiger partial charge in [-0.1, -0.05) is 18.2 Å². The van der Waals surface area contributed by atoms with Crippen LogP contribution in [0.3, 0.4) is 0 Å². The normalized spacial score (nSPS) is 18.7. The van der Waals surface area contributed by atoms with Crippen molar-refractivity contribution in [2.75, 3.05) is 20.1 Å². The van der Waals surface area contributed by atoms with E-state index < -0.39 is 0 Å². The van der Waals surface area contributed by atoms with Crippen LogP contribution in [-0.4, -0.2) is 40.9 Å². The molecule has 1 aliphatic rings. The summed E-state index contributed by atoms with van der Waals surface area (Å²) in [5.74, 6) is 0. The van der Waals surface area contributed by atoms with Gasteiger partial charge in [0, 0.05) is 31.9 Å². The number of para-hydroxylation sites is 1. The van der Waals surface area contributed by atoms with Gasteiger partial charge in [-0.3, -0.25) is 4.90 Å². The van der Waals surface area contributed by atoms with E-state index in [4.69, 9.17) is 0 Å². The Bertz CT molecular complexity index is 581. The average molecular weight is 307 g/mol. The van der Waals surface area contributed by atoms with E-state index in [9.17, 15) is 0 Å². The monoisotopic (exact) mass is 306 g/mol. The second kappa shape index (κ2) is 7.07. The third-order valence-electron chi connectivity index (χ3n) is 4.13. The van der Waals surface area contributed by atoms with Crippen LogP contribution in [0.15, 0.2) is 36.5 Å². The molecule has 21 heavy (non-hydrogen) atoms. The Labute approximate surface area is 132 Å². The Morgan fingerprint density at radius 1 is 1.29 bits per heavy atom. The second-order valence-corrected chi connectivity index (χ2v) is 5.53. The second-order valence-electron chi connectivity index (χ2n) is 5.53. The fourth-order valence-corrected chi connectivity index (χ4v) is 2.91. The van der Waals surface area contributed by atoms with E-state index in [0.29, 0.717) is 6.04 Å². The Hall–Kier alpha value is -1.36. The lowest BCUT2D eigenvalue weighted by molar-refractivity contribution is 0.315. The first-order valence-corrected chi connectivity index (χ1v) is 7.26. The molecule has 0 radical (unpaired) electrons. The van der Waals surface area contributed by atoms with Crippen molar-refractivity contribution in [3.8, 4) is 5.69 Å². The smallest absolute Gasteiger partial charge is 0.0678 e. The molecule has 2 heterocycles. The van der Waals surface area contributed by atoms with Gasteiger partial charge < -0.3 is 5.32 Å².